The summed E-state index contributed by atoms with van der Waals surface area (Å²) in [6.45, 7) is 14.4. The lowest BCUT2D eigenvalue weighted by atomic mass is 9.42. The van der Waals surface area contributed by atoms with Crippen LogP contribution in [0.2, 0.25) is 0 Å². The van der Waals surface area contributed by atoms with E-state index in [9.17, 15) is 15.3 Å². The van der Waals surface area contributed by atoms with Crippen molar-refractivity contribution in [3.63, 3.8) is 0 Å². The zero-order chi connectivity index (χ0) is 22.8. The molecule has 0 aliphatic heterocycles. The van der Waals surface area contributed by atoms with Gasteiger partial charge in [0.1, 0.15) is 0 Å². The van der Waals surface area contributed by atoms with E-state index < -0.39 is 17.8 Å². The lowest BCUT2D eigenvalue weighted by Gasteiger charge is -2.65. The first-order chi connectivity index (χ1) is 14.4. The van der Waals surface area contributed by atoms with Crippen molar-refractivity contribution in [3.05, 3.63) is 0 Å². The van der Waals surface area contributed by atoms with Crippen molar-refractivity contribution in [1.29, 1.82) is 0 Å². The van der Waals surface area contributed by atoms with Gasteiger partial charge in [-0.1, -0.05) is 54.4 Å². The Morgan fingerprint density at radius 3 is 2.26 bits per heavy atom. The predicted molar refractivity (Wildman–Crippen MR) is 126 cm³/mol. The van der Waals surface area contributed by atoms with E-state index in [1.54, 1.807) is 0 Å². The van der Waals surface area contributed by atoms with Gasteiger partial charge in [0.25, 0.3) is 0 Å². The van der Waals surface area contributed by atoms with Crippen LogP contribution in [0.4, 0.5) is 0 Å². The van der Waals surface area contributed by atoms with E-state index in [-0.39, 0.29) is 5.41 Å². The summed E-state index contributed by atoms with van der Waals surface area (Å²) in [5.74, 6) is 4.85. The van der Waals surface area contributed by atoms with Crippen molar-refractivity contribution >= 4 is 0 Å². The highest BCUT2D eigenvalue weighted by Crippen LogP contribution is 2.69. The molecule has 0 amide bonds. The van der Waals surface area contributed by atoms with Gasteiger partial charge < -0.3 is 15.3 Å². The molecular formula is C28H50O3. The second-order valence-electron chi connectivity index (χ2n) is 13.4. The third-order valence-corrected chi connectivity index (χ3v) is 11.8. The molecule has 0 aromatic heterocycles. The van der Waals surface area contributed by atoms with Crippen LogP contribution < -0.4 is 0 Å². The van der Waals surface area contributed by atoms with Gasteiger partial charge in [-0.2, -0.15) is 0 Å². The maximum atomic E-state index is 11.6. The molecule has 0 aromatic rings. The van der Waals surface area contributed by atoms with E-state index >= 15 is 0 Å². The van der Waals surface area contributed by atoms with Crippen LogP contribution in [0.25, 0.3) is 0 Å². The zero-order valence-corrected chi connectivity index (χ0v) is 21.1. The van der Waals surface area contributed by atoms with Crippen LogP contribution in [0.1, 0.15) is 106 Å². The highest BCUT2D eigenvalue weighted by Gasteiger charge is 2.67. The number of hydrogen-bond donors (Lipinski definition) is 3. The molecule has 0 unspecified atom stereocenters. The Labute approximate surface area is 191 Å². The second kappa shape index (κ2) is 8.27. The fraction of sp³-hybridized carbons (Fsp3) is 1.00. The number of aliphatic hydroxyl groups is 3. The van der Waals surface area contributed by atoms with Crippen LogP contribution in [0, 0.1) is 52.3 Å². The molecule has 180 valence electrons. The monoisotopic (exact) mass is 434 g/mol. The SMILES string of the molecule is CC(C)[C@H](C)CC[C@@H](C)[C@H]1CC[C@H]2[C@@H]3C[C@H](O)[C@@]4(O)C[C@@H](O)CC[C@]4(C)[C@H]3CC[C@]12C. The first kappa shape index (κ1) is 24.0. The van der Waals surface area contributed by atoms with Gasteiger partial charge in [-0.15, -0.1) is 0 Å². The fourth-order valence-corrected chi connectivity index (χ4v) is 9.30. The Kier molecular flexibility index (Phi) is 6.41. The summed E-state index contributed by atoms with van der Waals surface area (Å²) in [7, 11) is 0. The number of fused-ring (bicyclic) bond motifs is 5. The quantitative estimate of drug-likeness (QED) is 0.512. The average molecular weight is 435 g/mol. The summed E-state index contributed by atoms with van der Waals surface area (Å²) in [6, 6.07) is 0. The third kappa shape index (κ3) is 3.64. The van der Waals surface area contributed by atoms with Gasteiger partial charge in [-0.25, -0.2) is 0 Å². The van der Waals surface area contributed by atoms with Crippen LogP contribution in [0.3, 0.4) is 0 Å². The Bertz CT molecular complexity index is 648. The van der Waals surface area contributed by atoms with E-state index in [0.717, 1.165) is 42.9 Å². The zero-order valence-electron chi connectivity index (χ0n) is 21.1. The molecule has 11 atom stereocenters. The van der Waals surface area contributed by atoms with Gasteiger partial charge in [0, 0.05) is 11.8 Å². The van der Waals surface area contributed by atoms with Crippen molar-refractivity contribution in [1.82, 2.24) is 0 Å². The largest absolute Gasteiger partial charge is 0.393 e. The van der Waals surface area contributed by atoms with Crippen LogP contribution >= 0.6 is 0 Å². The third-order valence-electron chi connectivity index (χ3n) is 11.8. The van der Waals surface area contributed by atoms with Crippen LogP contribution in [-0.4, -0.2) is 33.1 Å². The lowest BCUT2D eigenvalue weighted by Crippen LogP contribution is -2.68. The summed E-state index contributed by atoms with van der Waals surface area (Å²) in [6.07, 6.45) is 9.33. The van der Waals surface area contributed by atoms with Crippen molar-refractivity contribution in [3.8, 4) is 0 Å². The molecule has 4 saturated carbocycles. The molecular weight excluding hydrogens is 384 g/mol. The number of aliphatic hydroxyl groups excluding tert-OH is 2. The smallest absolute Gasteiger partial charge is 0.0985 e. The summed E-state index contributed by atoms with van der Waals surface area (Å²) in [5, 5.41) is 33.1. The summed E-state index contributed by atoms with van der Waals surface area (Å²) in [5.41, 5.74) is -0.981. The fourth-order valence-electron chi connectivity index (χ4n) is 9.30. The maximum absolute atomic E-state index is 11.6. The van der Waals surface area contributed by atoms with Gasteiger partial charge in [-0.3, -0.25) is 0 Å². The molecule has 4 aliphatic rings. The molecule has 0 bridgehead atoms. The summed E-state index contributed by atoms with van der Waals surface area (Å²) < 4.78 is 0. The Morgan fingerprint density at radius 1 is 0.871 bits per heavy atom. The lowest BCUT2D eigenvalue weighted by molar-refractivity contribution is -0.264. The molecule has 3 nitrogen and oxygen atoms in total. The van der Waals surface area contributed by atoms with Gasteiger partial charge in [0.2, 0.25) is 0 Å². The molecule has 0 heterocycles. The maximum Gasteiger partial charge on any atom is 0.0985 e. The molecule has 3 N–H and O–H groups in total. The Hall–Kier alpha value is -0.120. The van der Waals surface area contributed by atoms with Crippen molar-refractivity contribution in [2.24, 2.45) is 52.3 Å². The molecule has 0 radical (unpaired) electrons. The van der Waals surface area contributed by atoms with Gasteiger partial charge in [0.15, 0.2) is 0 Å². The molecule has 0 saturated heterocycles. The van der Waals surface area contributed by atoms with Crippen molar-refractivity contribution in [2.75, 3.05) is 0 Å². The predicted octanol–water partition coefficient (Wildman–Crippen LogP) is 5.80. The standard InChI is InChI=1S/C28H50O3/c1-17(2)18(3)7-8-19(4)22-9-10-23-21-15-25(30)28(31)16-20(29)11-14-27(28,6)24(21)12-13-26(22,23)5/h17-25,29-31H,7-16H2,1-6H3/t18-,19-,20+,21+,22-,23+,24+,25+,26-,27-,28+/m1/s1. The molecule has 4 fully saturated rings. The summed E-state index contributed by atoms with van der Waals surface area (Å²) in [4.78, 5) is 0. The van der Waals surface area contributed by atoms with E-state index in [1.807, 2.05) is 0 Å². The topological polar surface area (TPSA) is 60.7 Å². The second-order valence-corrected chi connectivity index (χ2v) is 13.4. The Morgan fingerprint density at radius 2 is 1.58 bits per heavy atom. The molecule has 4 aliphatic carbocycles. The molecule has 31 heavy (non-hydrogen) atoms. The first-order valence-electron chi connectivity index (χ1n) is 13.5. The highest BCUT2D eigenvalue weighted by atomic mass is 16.3. The molecule has 4 rings (SSSR count). The number of rotatable bonds is 5. The van der Waals surface area contributed by atoms with Gasteiger partial charge >= 0.3 is 0 Å². The van der Waals surface area contributed by atoms with Crippen molar-refractivity contribution in [2.45, 2.75) is 124 Å². The molecule has 3 heteroatoms. The first-order valence-corrected chi connectivity index (χ1v) is 13.5. The van der Waals surface area contributed by atoms with Gasteiger partial charge in [-0.05, 0) is 91.8 Å². The average Bonchev–Trinajstić information content (AvgIpc) is 3.05. The van der Waals surface area contributed by atoms with E-state index in [0.29, 0.717) is 29.6 Å². The molecule has 0 spiro atoms. The minimum absolute atomic E-state index is 0.258. The number of hydrogen-bond acceptors (Lipinski definition) is 3. The van der Waals surface area contributed by atoms with Crippen LogP contribution in [0.15, 0.2) is 0 Å². The highest BCUT2D eigenvalue weighted by molar-refractivity contribution is 5.17. The summed E-state index contributed by atoms with van der Waals surface area (Å²) >= 11 is 0. The van der Waals surface area contributed by atoms with E-state index in [1.165, 1.54) is 38.5 Å². The minimum atomic E-state index is -1.11. The van der Waals surface area contributed by atoms with Crippen molar-refractivity contribution < 1.29 is 15.3 Å². The molecule has 0 aromatic carbocycles. The van der Waals surface area contributed by atoms with E-state index in [2.05, 4.69) is 41.5 Å². The minimum Gasteiger partial charge on any atom is -0.393 e. The van der Waals surface area contributed by atoms with Crippen LogP contribution in [-0.2, 0) is 0 Å². The van der Waals surface area contributed by atoms with Gasteiger partial charge in [0.05, 0.1) is 17.8 Å². The normalized spacial score (nSPS) is 51.7. The van der Waals surface area contributed by atoms with Crippen LogP contribution in [0.5, 0.6) is 0 Å². The Balaban J connectivity index is 1.52. The van der Waals surface area contributed by atoms with E-state index in [4.69, 9.17) is 0 Å².